The summed E-state index contributed by atoms with van der Waals surface area (Å²) in [5.41, 5.74) is 4.82. The number of hydrogen-bond acceptors (Lipinski definition) is 3. The third kappa shape index (κ3) is 2.91. The van der Waals surface area contributed by atoms with Crippen molar-refractivity contribution in [3.63, 3.8) is 0 Å². The van der Waals surface area contributed by atoms with E-state index < -0.39 is 0 Å². The molecular weight excluding hydrogens is 346 g/mol. The summed E-state index contributed by atoms with van der Waals surface area (Å²) in [4.78, 5) is 17.6. The molecule has 140 valence electrons. The van der Waals surface area contributed by atoms with E-state index in [4.69, 9.17) is 0 Å². The second-order valence-corrected chi connectivity index (χ2v) is 7.39. The van der Waals surface area contributed by atoms with Gasteiger partial charge in [0.05, 0.1) is 5.56 Å². The molecule has 4 heteroatoms. The van der Waals surface area contributed by atoms with Crippen molar-refractivity contribution in [3.05, 3.63) is 90.0 Å². The Morgan fingerprint density at radius 1 is 0.750 bits per heavy atom. The topological polar surface area (TPSA) is 35.6 Å². The second-order valence-electron chi connectivity index (χ2n) is 7.39. The van der Waals surface area contributed by atoms with Crippen LogP contribution in [-0.2, 0) is 0 Å². The number of carbonyl (C=O) groups is 1. The zero-order valence-electron chi connectivity index (χ0n) is 15.7. The molecule has 3 aromatic carbocycles. The van der Waals surface area contributed by atoms with Gasteiger partial charge < -0.3 is 10.2 Å². The van der Waals surface area contributed by atoms with Crippen LogP contribution in [0.1, 0.15) is 34.9 Å². The molecule has 2 heterocycles. The molecule has 1 fully saturated rings. The number of nitrogens with one attached hydrogen (secondary N) is 1. The zero-order valence-corrected chi connectivity index (χ0v) is 15.7. The van der Waals surface area contributed by atoms with Crippen molar-refractivity contribution >= 4 is 23.0 Å². The number of fused-ring (bicyclic) bond motifs is 1. The Morgan fingerprint density at radius 2 is 1.43 bits per heavy atom. The van der Waals surface area contributed by atoms with E-state index >= 15 is 0 Å². The Bertz CT molecular complexity index is 978. The SMILES string of the molecule is O=C1c2ccccc2N[C@@H](c2ccc(N3CCCC3)cc2)N1c1ccccc1. The monoisotopic (exact) mass is 369 g/mol. The van der Waals surface area contributed by atoms with Crippen LogP contribution in [0, 0.1) is 0 Å². The number of benzene rings is 3. The smallest absolute Gasteiger partial charge is 0.262 e. The number of para-hydroxylation sites is 2. The Kier molecular flexibility index (Phi) is 4.24. The fourth-order valence-electron chi connectivity index (χ4n) is 4.18. The van der Waals surface area contributed by atoms with Crippen LogP contribution in [-0.4, -0.2) is 19.0 Å². The van der Waals surface area contributed by atoms with Crippen molar-refractivity contribution in [2.75, 3.05) is 28.2 Å². The number of anilines is 3. The Hall–Kier alpha value is -3.27. The molecule has 0 unspecified atom stereocenters. The van der Waals surface area contributed by atoms with Crippen molar-refractivity contribution < 1.29 is 4.79 Å². The average Bonchev–Trinajstić information content (AvgIpc) is 3.29. The maximum Gasteiger partial charge on any atom is 0.262 e. The third-order valence-corrected chi connectivity index (χ3v) is 5.64. The highest BCUT2D eigenvalue weighted by Gasteiger charge is 2.33. The molecule has 0 aliphatic carbocycles. The van der Waals surface area contributed by atoms with Gasteiger partial charge in [-0.05, 0) is 54.8 Å². The van der Waals surface area contributed by atoms with E-state index in [1.54, 1.807) is 0 Å². The normalized spacial score (nSPS) is 18.7. The first kappa shape index (κ1) is 16.9. The number of amides is 1. The van der Waals surface area contributed by atoms with Gasteiger partial charge in [0.1, 0.15) is 6.17 Å². The lowest BCUT2D eigenvalue weighted by Gasteiger charge is -2.38. The van der Waals surface area contributed by atoms with Crippen molar-refractivity contribution in [2.45, 2.75) is 19.0 Å². The summed E-state index contributed by atoms with van der Waals surface area (Å²) in [6, 6.07) is 26.2. The van der Waals surface area contributed by atoms with Gasteiger partial charge in [0.2, 0.25) is 0 Å². The molecule has 3 aromatic rings. The van der Waals surface area contributed by atoms with Gasteiger partial charge in [-0.25, -0.2) is 0 Å². The molecular formula is C24H23N3O. The minimum Gasteiger partial charge on any atom is -0.372 e. The van der Waals surface area contributed by atoms with Crippen molar-refractivity contribution in [1.82, 2.24) is 0 Å². The van der Waals surface area contributed by atoms with Gasteiger partial charge >= 0.3 is 0 Å². The molecule has 1 amide bonds. The van der Waals surface area contributed by atoms with Crippen molar-refractivity contribution in [2.24, 2.45) is 0 Å². The number of nitrogens with zero attached hydrogens (tertiary/aromatic N) is 2. The number of carbonyl (C=O) groups excluding carboxylic acids is 1. The van der Waals surface area contributed by atoms with Crippen molar-refractivity contribution in [1.29, 1.82) is 0 Å². The lowest BCUT2D eigenvalue weighted by atomic mass is 10.0. The summed E-state index contributed by atoms with van der Waals surface area (Å²) >= 11 is 0. The highest BCUT2D eigenvalue weighted by molar-refractivity contribution is 6.12. The summed E-state index contributed by atoms with van der Waals surface area (Å²) in [6.07, 6.45) is 2.29. The van der Waals surface area contributed by atoms with Crippen LogP contribution >= 0.6 is 0 Å². The van der Waals surface area contributed by atoms with Crippen molar-refractivity contribution in [3.8, 4) is 0 Å². The summed E-state index contributed by atoms with van der Waals surface area (Å²) in [5.74, 6) is 0.0224. The molecule has 1 atom stereocenters. The van der Waals surface area contributed by atoms with Gasteiger partial charge in [-0.1, -0.05) is 42.5 Å². The Morgan fingerprint density at radius 3 is 2.18 bits per heavy atom. The van der Waals surface area contributed by atoms with E-state index in [2.05, 4.69) is 34.5 Å². The van der Waals surface area contributed by atoms with Crippen LogP contribution in [0.4, 0.5) is 17.1 Å². The highest BCUT2D eigenvalue weighted by Crippen LogP contribution is 2.37. The Labute approximate surface area is 165 Å². The predicted octanol–water partition coefficient (Wildman–Crippen LogP) is 5.06. The molecule has 1 saturated heterocycles. The van der Waals surface area contributed by atoms with Crippen LogP contribution in [0.2, 0.25) is 0 Å². The zero-order chi connectivity index (χ0) is 18.9. The van der Waals surface area contributed by atoms with E-state index in [1.165, 1.54) is 18.5 Å². The quantitative estimate of drug-likeness (QED) is 0.701. The van der Waals surface area contributed by atoms with Crippen LogP contribution < -0.4 is 15.1 Å². The maximum absolute atomic E-state index is 13.4. The molecule has 0 spiro atoms. The molecule has 1 N–H and O–H groups in total. The van der Waals surface area contributed by atoms with Crippen LogP contribution in [0.25, 0.3) is 0 Å². The Balaban J connectivity index is 1.54. The maximum atomic E-state index is 13.4. The largest absolute Gasteiger partial charge is 0.372 e. The third-order valence-electron chi connectivity index (χ3n) is 5.64. The van der Waals surface area contributed by atoms with E-state index in [9.17, 15) is 4.79 Å². The van der Waals surface area contributed by atoms with Gasteiger partial charge in [-0.15, -0.1) is 0 Å². The van der Waals surface area contributed by atoms with E-state index in [-0.39, 0.29) is 12.1 Å². The fraction of sp³-hybridized carbons (Fsp3) is 0.208. The van der Waals surface area contributed by atoms with Gasteiger partial charge in [-0.2, -0.15) is 0 Å². The highest BCUT2D eigenvalue weighted by atomic mass is 16.2. The van der Waals surface area contributed by atoms with Crippen LogP contribution in [0.15, 0.2) is 78.9 Å². The van der Waals surface area contributed by atoms with Gasteiger partial charge in [0.15, 0.2) is 0 Å². The number of hydrogen-bond donors (Lipinski definition) is 1. The lowest BCUT2D eigenvalue weighted by Crippen LogP contribution is -2.43. The summed E-state index contributed by atoms with van der Waals surface area (Å²) in [6.45, 7) is 2.26. The second kappa shape index (κ2) is 7.04. The van der Waals surface area contributed by atoms with Crippen LogP contribution in [0.5, 0.6) is 0 Å². The lowest BCUT2D eigenvalue weighted by molar-refractivity contribution is 0.0975. The van der Waals surface area contributed by atoms with Gasteiger partial charge in [0, 0.05) is 30.2 Å². The predicted molar refractivity (Wildman–Crippen MR) is 114 cm³/mol. The molecule has 5 rings (SSSR count). The van der Waals surface area contributed by atoms with Gasteiger partial charge in [-0.3, -0.25) is 9.69 Å². The molecule has 0 aromatic heterocycles. The van der Waals surface area contributed by atoms with E-state index in [0.29, 0.717) is 5.56 Å². The molecule has 0 saturated carbocycles. The van der Waals surface area contributed by atoms with E-state index in [0.717, 1.165) is 30.0 Å². The first-order chi connectivity index (χ1) is 13.8. The molecule has 28 heavy (non-hydrogen) atoms. The first-order valence-corrected chi connectivity index (χ1v) is 9.90. The summed E-state index contributed by atoms with van der Waals surface area (Å²) in [7, 11) is 0. The minimum atomic E-state index is -0.238. The molecule has 2 aliphatic heterocycles. The van der Waals surface area contributed by atoms with Gasteiger partial charge in [0.25, 0.3) is 5.91 Å². The molecule has 0 radical (unpaired) electrons. The minimum absolute atomic E-state index is 0.0224. The summed E-state index contributed by atoms with van der Waals surface area (Å²) < 4.78 is 0. The molecule has 2 aliphatic rings. The summed E-state index contributed by atoms with van der Waals surface area (Å²) in [5, 5.41) is 3.57. The fourth-order valence-corrected chi connectivity index (χ4v) is 4.18. The first-order valence-electron chi connectivity index (χ1n) is 9.90. The standard InChI is InChI=1S/C24H23N3O/c28-24-21-10-4-5-11-22(21)25-23(27(24)20-8-2-1-3-9-20)18-12-14-19(15-13-18)26-16-6-7-17-26/h1-5,8-15,23,25H,6-7,16-17H2/t23-/m1/s1. The average molecular weight is 369 g/mol. The van der Waals surface area contributed by atoms with Crippen LogP contribution in [0.3, 0.4) is 0 Å². The number of rotatable bonds is 3. The molecule has 0 bridgehead atoms. The molecule has 4 nitrogen and oxygen atoms in total. The van der Waals surface area contributed by atoms with E-state index in [1.807, 2.05) is 59.5 Å².